The van der Waals surface area contributed by atoms with Crippen LogP contribution in [0.5, 0.6) is 0 Å². The van der Waals surface area contributed by atoms with E-state index in [1.165, 1.54) is 11.3 Å². The first-order valence-electron chi connectivity index (χ1n) is 5.95. The van der Waals surface area contributed by atoms with Gasteiger partial charge in [0.1, 0.15) is 5.54 Å². The fourth-order valence-electron chi connectivity index (χ4n) is 1.89. The van der Waals surface area contributed by atoms with Crippen LogP contribution in [0.4, 0.5) is 4.79 Å². The summed E-state index contributed by atoms with van der Waals surface area (Å²) >= 11 is 7.17. The highest BCUT2D eigenvalue weighted by molar-refractivity contribution is 7.16. The molecule has 0 radical (unpaired) electrons. The van der Waals surface area contributed by atoms with E-state index in [1.807, 2.05) is 6.07 Å². The van der Waals surface area contributed by atoms with Crippen molar-refractivity contribution in [2.45, 2.75) is 31.8 Å². The first-order chi connectivity index (χ1) is 8.91. The minimum Gasteiger partial charge on any atom is -0.480 e. The lowest BCUT2D eigenvalue weighted by molar-refractivity contribution is -0.144. The van der Waals surface area contributed by atoms with E-state index in [4.69, 9.17) is 11.6 Å². The smallest absolute Gasteiger partial charge is 0.329 e. The molecule has 2 rings (SSSR count). The summed E-state index contributed by atoms with van der Waals surface area (Å²) in [7, 11) is 0. The van der Waals surface area contributed by atoms with Crippen LogP contribution >= 0.6 is 22.9 Å². The van der Waals surface area contributed by atoms with Crippen LogP contribution < -0.4 is 10.6 Å². The number of thiophene rings is 1. The van der Waals surface area contributed by atoms with Gasteiger partial charge in [-0.1, -0.05) is 11.6 Å². The molecule has 1 unspecified atom stereocenters. The van der Waals surface area contributed by atoms with E-state index < -0.39 is 17.5 Å². The minimum absolute atomic E-state index is 0.0203. The zero-order valence-corrected chi connectivity index (χ0v) is 12.0. The molecule has 1 heterocycles. The third kappa shape index (κ3) is 3.39. The number of amides is 2. The van der Waals surface area contributed by atoms with Crippen molar-refractivity contribution >= 4 is 34.9 Å². The lowest BCUT2D eigenvalue weighted by Gasteiger charge is -2.26. The van der Waals surface area contributed by atoms with Gasteiger partial charge in [-0.05, 0) is 37.8 Å². The molecule has 2 amide bonds. The van der Waals surface area contributed by atoms with Gasteiger partial charge in [0, 0.05) is 4.88 Å². The normalized spacial score (nSPS) is 17.6. The molecule has 0 aromatic carbocycles. The lowest BCUT2D eigenvalue weighted by atomic mass is 9.96. The Morgan fingerprint density at radius 1 is 1.53 bits per heavy atom. The summed E-state index contributed by atoms with van der Waals surface area (Å²) in [4.78, 5) is 23.9. The number of hydrogen-bond donors (Lipinski definition) is 3. The Kier molecular flexibility index (Phi) is 4.01. The molecular weight excluding hydrogens is 288 g/mol. The number of carbonyl (C=O) groups is 2. The quantitative estimate of drug-likeness (QED) is 0.782. The molecular formula is C12H15ClN2O3S. The van der Waals surface area contributed by atoms with E-state index in [9.17, 15) is 14.7 Å². The van der Waals surface area contributed by atoms with E-state index in [0.29, 0.717) is 10.9 Å². The standard InChI is InChI=1S/C12H15ClN2O3S/c1-12(10(16)17,7-2-3-7)15-11(18)14-6-8-4-5-9(13)19-8/h4-5,7H,2-3,6H2,1H3,(H,16,17)(H2,14,15,18). The summed E-state index contributed by atoms with van der Waals surface area (Å²) in [5.41, 5.74) is -1.18. The van der Waals surface area contributed by atoms with Gasteiger partial charge in [-0.15, -0.1) is 11.3 Å². The van der Waals surface area contributed by atoms with Gasteiger partial charge in [0.25, 0.3) is 0 Å². The fourth-order valence-corrected chi connectivity index (χ4v) is 2.91. The molecule has 1 aliphatic carbocycles. The molecule has 3 N–H and O–H groups in total. The number of urea groups is 1. The molecule has 0 aliphatic heterocycles. The van der Waals surface area contributed by atoms with Crippen LogP contribution in [0.15, 0.2) is 12.1 Å². The number of aliphatic carboxylic acids is 1. The van der Waals surface area contributed by atoms with Crippen LogP contribution in [0.3, 0.4) is 0 Å². The third-order valence-corrected chi connectivity index (χ3v) is 4.49. The maximum Gasteiger partial charge on any atom is 0.329 e. The van der Waals surface area contributed by atoms with Gasteiger partial charge in [0.05, 0.1) is 10.9 Å². The molecule has 0 bridgehead atoms. The molecule has 7 heteroatoms. The van der Waals surface area contributed by atoms with Crippen molar-refractivity contribution in [1.82, 2.24) is 10.6 Å². The van der Waals surface area contributed by atoms with E-state index in [2.05, 4.69) is 10.6 Å². The van der Waals surface area contributed by atoms with Crippen molar-refractivity contribution in [3.63, 3.8) is 0 Å². The zero-order valence-electron chi connectivity index (χ0n) is 10.4. The van der Waals surface area contributed by atoms with Crippen molar-refractivity contribution in [3.05, 3.63) is 21.3 Å². The number of carboxylic acids is 1. The van der Waals surface area contributed by atoms with Gasteiger partial charge >= 0.3 is 12.0 Å². The van der Waals surface area contributed by atoms with Crippen molar-refractivity contribution < 1.29 is 14.7 Å². The summed E-state index contributed by atoms with van der Waals surface area (Å²) in [5, 5.41) is 14.4. The van der Waals surface area contributed by atoms with Crippen LogP contribution in [0.2, 0.25) is 4.34 Å². The van der Waals surface area contributed by atoms with Gasteiger partial charge in [-0.25, -0.2) is 9.59 Å². The highest BCUT2D eigenvalue weighted by Crippen LogP contribution is 2.39. The maximum atomic E-state index is 11.8. The molecule has 1 aliphatic rings. The summed E-state index contributed by atoms with van der Waals surface area (Å²) in [5.74, 6) is -0.976. The van der Waals surface area contributed by atoms with E-state index in [1.54, 1.807) is 13.0 Å². The molecule has 0 spiro atoms. The fraction of sp³-hybridized carbons (Fsp3) is 0.500. The Labute approximate surface area is 120 Å². The van der Waals surface area contributed by atoms with E-state index in [-0.39, 0.29) is 5.92 Å². The van der Waals surface area contributed by atoms with Crippen LogP contribution in [0.25, 0.3) is 0 Å². The number of carboxylic acid groups (broad SMARTS) is 1. The number of halogens is 1. The summed E-state index contributed by atoms with van der Waals surface area (Å²) < 4.78 is 0.658. The number of carbonyl (C=O) groups excluding carboxylic acids is 1. The number of nitrogens with one attached hydrogen (secondary N) is 2. The number of rotatable bonds is 5. The van der Waals surface area contributed by atoms with Crippen LogP contribution in [0, 0.1) is 5.92 Å². The van der Waals surface area contributed by atoms with Gasteiger partial charge < -0.3 is 15.7 Å². The molecule has 104 valence electrons. The Bertz CT molecular complexity index is 501. The second-order valence-electron chi connectivity index (χ2n) is 4.80. The second kappa shape index (κ2) is 5.38. The van der Waals surface area contributed by atoms with Gasteiger partial charge in [0.15, 0.2) is 0 Å². The molecule has 1 fully saturated rings. The first kappa shape index (κ1) is 14.1. The van der Waals surface area contributed by atoms with Crippen LogP contribution in [0.1, 0.15) is 24.6 Å². The van der Waals surface area contributed by atoms with Crippen LogP contribution in [-0.4, -0.2) is 22.6 Å². The molecule has 1 atom stereocenters. The Morgan fingerprint density at radius 2 is 2.21 bits per heavy atom. The summed E-state index contributed by atoms with van der Waals surface area (Å²) in [6.45, 7) is 1.89. The highest BCUT2D eigenvalue weighted by Gasteiger charge is 2.48. The third-order valence-electron chi connectivity index (χ3n) is 3.26. The number of hydrogen-bond acceptors (Lipinski definition) is 3. The lowest BCUT2D eigenvalue weighted by Crippen LogP contribution is -2.56. The van der Waals surface area contributed by atoms with Gasteiger partial charge in [-0.2, -0.15) is 0 Å². The zero-order chi connectivity index (χ0) is 14.0. The molecule has 0 saturated heterocycles. The molecule has 1 saturated carbocycles. The molecule has 5 nitrogen and oxygen atoms in total. The van der Waals surface area contributed by atoms with E-state index in [0.717, 1.165) is 17.7 Å². The summed E-state index contributed by atoms with van der Waals surface area (Å²) in [6.07, 6.45) is 1.67. The highest BCUT2D eigenvalue weighted by atomic mass is 35.5. The van der Waals surface area contributed by atoms with Crippen LogP contribution in [-0.2, 0) is 11.3 Å². The molecule has 19 heavy (non-hydrogen) atoms. The predicted octanol–water partition coefficient (Wildman–Crippen LogP) is 2.45. The van der Waals surface area contributed by atoms with Gasteiger partial charge in [-0.3, -0.25) is 0 Å². The Morgan fingerprint density at radius 3 is 2.68 bits per heavy atom. The molecule has 1 aromatic heterocycles. The summed E-state index contributed by atoms with van der Waals surface area (Å²) in [6, 6.07) is 3.11. The monoisotopic (exact) mass is 302 g/mol. The van der Waals surface area contributed by atoms with Crippen molar-refractivity contribution in [2.24, 2.45) is 5.92 Å². The van der Waals surface area contributed by atoms with Gasteiger partial charge in [0.2, 0.25) is 0 Å². The predicted molar refractivity (Wildman–Crippen MR) is 73.5 cm³/mol. The van der Waals surface area contributed by atoms with E-state index >= 15 is 0 Å². The van der Waals surface area contributed by atoms with Crippen molar-refractivity contribution in [3.8, 4) is 0 Å². The Hall–Kier alpha value is -1.27. The second-order valence-corrected chi connectivity index (χ2v) is 6.59. The average Bonchev–Trinajstić information content (AvgIpc) is 3.11. The Balaban J connectivity index is 1.88. The van der Waals surface area contributed by atoms with Crippen molar-refractivity contribution in [2.75, 3.05) is 0 Å². The molecule has 1 aromatic rings. The first-order valence-corrected chi connectivity index (χ1v) is 7.15. The minimum atomic E-state index is -1.18. The SMILES string of the molecule is CC(NC(=O)NCc1ccc(Cl)s1)(C(=O)O)C1CC1. The van der Waals surface area contributed by atoms with Crippen molar-refractivity contribution in [1.29, 1.82) is 0 Å². The average molecular weight is 303 g/mol. The maximum absolute atomic E-state index is 11.8. The topological polar surface area (TPSA) is 78.4 Å². The largest absolute Gasteiger partial charge is 0.480 e.